The molecule has 2 unspecified atom stereocenters. The summed E-state index contributed by atoms with van der Waals surface area (Å²) >= 11 is 0. The number of hydrogen-bond donors (Lipinski definition) is 2. The number of hydrogen-bond acceptors (Lipinski definition) is 7. The molecule has 0 amide bonds. The lowest BCUT2D eigenvalue weighted by Crippen LogP contribution is -2.24. The molecule has 2 aromatic rings. The monoisotopic (exact) mass is 504 g/mol. The van der Waals surface area contributed by atoms with E-state index in [-0.39, 0.29) is 31.8 Å². The Morgan fingerprint density at radius 3 is 1.72 bits per heavy atom. The van der Waals surface area contributed by atoms with E-state index in [4.69, 9.17) is 30.1 Å². The fraction of sp³-hybridized carbons (Fsp3) is 0.500. The second-order valence-electron chi connectivity index (χ2n) is 8.70. The molecule has 0 spiro atoms. The normalized spacial score (nSPS) is 13.1. The SMILES string of the molecule is C#CCOCCOCCOCC(O)COc1ccc(C(C)(C)c2ccc(OCC(O)CF)cc2)cc1. The Labute approximate surface area is 213 Å². The first-order valence-corrected chi connectivity index (χ1v) is 11.9. The van der Waals surface area contributed by atoms with Crippen LogP contribution in [0.4, 0.5) is 4.39 Å². The Bertz CT molecular complexity index is 894. The van der Waals surface area contributed by atoms with Gasteiger partial charge in [0.2, 0.25) is 0 Å². The Balaban J connectivity index is 1.72. The van der Waals surface area contributed by atoms with Crippen LogP contribution in [0.5, 0.6) is 11.5 Å². The van der Waals surface area contributed by atoms with Crippen molar-refractivity contribution in [1.82, 2.24) is 0 Å². The third-order valence-electron chi connectivity index (χ3n) is 5.45. The fourth-order valence-corrected chi connectivity index (χ4v) is 3.27. The highest BCUT2D eigenvalue weighted by molar-refractivity contribution is 5.41. The number of rotatable bonds is 18. The average Bonchev–Trinajstić information content (AvgIpc) is 2.90. The zero-order valence-electron chi connectivity index (χ0n) is 21.0. The van der Waals surface area contributed by atoms with Crippen LogP contribution in [0.25, 0.3) is 0 Å². The Morgan fingerprint density at radius 1 is 0.750 bits per heavy atom. The van der Waals surface area contributed by atoms with E-state index in [0.29, 0.717) is 37.9 Å². The molecule has 36 heavy (non-hydrogen) atoms. The quantitative estimate of drug-likeness (QED) is 0.238. The molecule has 0 aliphatic rings. The van der Waals surface area contributed by atoms with Crippen molar-refractivity contribution in [2.75, 3.05) is 59.5 Å². The van der Waals surface area contributed by atoms with Gasteiger partial charge in [0.1, 0.15) is 50.2 Å². The van der Waals surface area contributed by atoms with Crippen LogP contribution in [0.2, 0.25) is 0 Å². The molecule has 0 radical (unpaired) electrons. The van der Waals surface area contributed by atoms with Crippen molar-refractivity contribution in [1.29, 1.82) is 0 Å². The predicted molar refractivity (Wildman–Crippen MR) is 135 cm³/mol. The summed E-state index contributed by atoms with van der Waals surface area (Å²) in [5, 5.41) is 19.4. The van der Waals surface area contributed by atoms with E-state index >= 15 is 0 Å². The molecule has 7 nitrogen and oxygen atoms in total. The number of halogens is 1. The summed E-state index contributed by atoms with van der Waals surface area (Å²) in [5.41, 5.74) is 1.88. The van der Waals surface area contributed by atoms with Gasteiger partial charge in [-0.1, -0.05) is 44.0 Å². The maximum Gasteiger partial charge on any atom is 0.119 e. The van der Waals surface area contributed by atoms with Gasteiger partial charge in [0.05, 0.1) is 33.0 Å². The van der Waals surface area contributed by atoms with Crippen molar-refractivity contribution in [3.05, 3.63) is 59.7 Å². The van der Waals surface area contributed by atoms with Crippen molar-refractivity contribution in [3.8, 4) is 23.8 Å². The highest BCUT2D eigenvalue weighted by Crippen LogP contribution is 2.33. The zero-order chi connectivity index (χ0) is 26.2. The zero-order valence-corrected chi connectivity index (χ0v) is 21.0. The van der Waals surface area contributed by atoms with Gasteiger partial charge in [-0.15, -0.1) is 6.42 Å². The Morgan fingerprint density at radius 2 is 1.22 bits per heavy atom. The maximum atomic E-state index is 12.4. The van der Waals surface area contributed by atoms with Gasteiger partial charge < -0.3 is 33.9 Å². The van der Waals surface area contributed by atoms with Crippen molar-refractivity contribution in [2.45, 2.75) is 31.5 Å². The number of benzene rings is 2. The van der Waals surface area contributed by atoms with E-state index in [0.717, 1.165) is 11.1 Å². The molecule has 0 saturated heterocycles. The molecule has 0 aliphatic heterocycles. The first kappa shape index (κ1) is 29.6. The molecule has 198 valence electrons. The van der Waals surface area contributed by atoms with Gasteiger partial charge >= 0.3 is 0 Å². The Hall–Kier alpha value is -2.67. The first-order valence-electron chi connectivity index (χ1n) is 11.9. The van der Waals surface area contributed by atoms with E-state index in [9.17, 15) is 14.6 Å². The van der Waals surface area contributed by atoms with E-state index in [1.54, 1.807) is 0 Å². The molecule has 0 aliphatic carbocycles. The van der Waals surface area contributed by atoms with Crippen LogP contribution >= 0.6 is 0 Å². The summed E-state index contributed by atoms with van der Waals surface area (Å²) in [4.78, 5) is 0. The van der Waals surface area contributed by atoms with Gasteiger partial charge in [0.25, 0.3) is 0 Å². The lowest BCUT2D eigenvalue weighted by Gasteiger charge is -2.26. The number of terminal acetylenes is 1. The smallest absolute Gasteiger partial charge is 0.119 e. The van der Waals surface area contributed by atoms with Crippen LogP contribution in [-0.4, -0.2) is 82.0 Å². The second kappa shape index (κ2) is 16.1. The highest BCUT2D eigenvalue weighted by Gasteiger charge is 2.23. The molecule has 2 rings (SSSR count). The molecule has 0 bridgehead atoms. The number of ether oxygens (including phenoxy) is 5. The fourth-order valence-electron chi connectivity index (χ4n) is 3.27. The van der Waals surface area contributed by atoms with E-state index < -0.39 is 18.9 Å². The largest absolute Gasteiger partial charge is 0.491 e. The number of aliphatic hydroxyl groups is 2. The molecular weight excluding hydrogens is 467 g/mol. The molecule has 0 heterocycles. The van der Waals surface area contributed by atoms with Crippen molar-refractivity contribution in [3.63, 3.8) is 0 Å². The number of aliphatic hydroxyl groups excluding tert-OH is 2. The number of alkyl halides is 1. The molecule has 0 fully saturated rings. The minimum Gasteiger partial charge on any atom is -0.491 e. The highest BCUT2D eigenvalue weighted by atomic mass is 19.1. The summed E-state index contributed by atoms with van der Waals surface area (Å²) in [7, 11) is 0. The van der Waals surface area contributed by atoms with Gasteiger partial charge in [-0.05, 0) is 35.4 Å². The third kappa shape index (κ3) is 10.5. The Kier molecular flexibility index (Phi) is 13.3. The van der Waals surface area contributed by atoms with Crippen LogP contribution in [0.15, 0.2) is 48.5 Å². The van der Waals surface area contributed by atoms with Crippen LogP contribution in [0.1, 0.15) is 25.0 Å². The van der Waals surface area contributed by atoms with Gasteiger partial charge in [-0.3, -0.25) is 0 Å². The molecule has 8 heteroatoms. The molecular formula is C28H37FO7. The molecule has 0 saturated carbocycles. The maximum absolute atomic E-state index is 12.4. The average molecular weight is 505 g/mol. The standard InChI is InChI=1S/C28H37FO7/c1-4-13-32-14-15-33-16-17-34-19-25(31)21-36-27-11-7-23(8-12-27)28(2,3)22-5-9-26(10-6-22)35-20-24(30)18-29/h1,5-12,24-25,30-31H,13-21H2,2-3H3. The minimum atomic E-state index is -1.12. The van der Waals surface area contributed by atoms with Gasteiger partial charge in [-0.2, -0.15) is 0 Å². The van der Waals surface area contributed by atoms with E-state index in [1.807, 2.05) is 48.5 Å². The van der Waals surface area contributed by atoms with Gasteiger partial charge in [0.15, 0.2) is 0 Å². The van der Waals surface area contributed by atoms with Crippen molar-refractivity contribution in [2.24, 2.45) is 0 Å². The summed E-state index contributed by atoms with van der Waals surface area (Å²) in [5.74, 6) is 3.61. The third-order valence-corrected chi connectivity index (χ3v) is 5.45. The molecule has 2 aromatic carbocycles. The summed E-state index contributed by atoms with van der Waals surface area (Å²) in [6.45, 7) is 5.48. The van der Waals surface area contributed by atoms with E-state index in [1.165, 1.54) is 0 Å². The van der Waals surface area contributed by atoms with Crippen LogP contribution in [0.3, 0.4) is 0 Å². The van der Waals surface area contributed by atoms with Crippen molar-refractivity contribution >= 4 is 0 Å². The summed E-state index contributed by atoms with van der Waals surface area (Å²) in [6.07, 6.45) is 3.20. The lowest BCUT2D eigenvalue weighted by atomic mass is 9.78. The summed E-state index contributed by atoms with van der Waals surface area (Å²) < 4.78 is 39.3. The molecule has 2 atom stereocenters. The topological polar surface area (TPSA) is 86.6 Å². The van der Waals surface area contributed by atoms with Crippen molar-refractivity contribution < 1.29 is 38.3 Å². The molecule has 0 aromatic heterocycles. The van der Waals surface area contributed by atoms with Crippen LogP contribution in [-0.2, 0) is 19.6 Å². The van der Waals surface area contributed by atoms with Gasteiger partial charge in [-0.25, -0.2) is 4.39 Å². The van der Waals surface area contributed by atoms with Gasteiger partial charge in [0, 0.05) is 5.41 Å². The predicted octanol–water partition coefficient (Wildman–Crippen LogP) is 3.14. The van der Waals surface area contributed by atoms with Crippen LogP contribution < -0.4 is 9.47 Å². The summed E-state index contributed by atoms with van der Waals surface area (Å²) in [6, 6.07) is 15.3. The van der Waals surface area contributed by atoms with Crippen LogP contribution in [0, 0.1) is 12.3 Å². The van der Waals surface area contributed by atoms with E-state index in [2.05, 4.69) is 19.8 Å². The first-order chi connectivity index (χ1) is 17.4. The second-order valence-corrected chi connectivity index (χ2v) is 8.70. The minimum absolute atomic E-state index is 0.0833. The molecule has 2 N–H and O–H groups in total. The lowest BCUT2D eigenvalue weighted by molar-refractivity contribution is -0.0182.